The molecule has 2 rings (SSSR count). The van der Waals surface area contributed by atoms with Crippen LogP contribution in [0.2, 0.25) is 5.15 Å². The molecule has 0 bridgehead atoms. The molecule has 0 fully saturated rings. The predicted octanol–water partition coefficient (Wildman–Crippen LogP) is 3.84. The summed E-state index contributed by atoms with van der Waals surface area (Å²) in [6.45, 7) is 5.85. The Hall–Kier alpha value is -2.54. The largest absolute Gasteiger partial charge is 0.495 e. The monoisotopic (exact) mass is 393 g/mol. The molecular formula is C19H24ClN3O4. The minimum Gasteiger partial charge on any atom is -0.495 e. The van der Waals surface area contributed by atoms with Gasteiger partial charge in [0.2, 0.25) is 0 Å². The number of anilines is 1. The van der Waals surface area contributed by atoms with E-state index in [1.807, 2.05) is 0 Å². The Morgan fingerprint density at radius 3 is 2.70 bits per heavy atom. The molecule has 0 spiro atoms. The molecule has 2 aromatic rings. The van der Waals surface area contributed by atoms with Gasteiger partial charge in [-0.25, -0.2) is 4.79 Å². The van der Waals surface area contributed by atoms with E-state index in [0.29, 0.717) is 23.7 Å². The standard InChI is InChI=1S/C19H24ClN3O4/c1-5-6-11-23-17(20)16(12(2)22-23)19(25)27-13(3)18(24)21-14-9-7-8-10-15(14)26-4/h7-10,13H,5-6,11H2,1-4H3,(H,21,24)/t13-/m1/s1. The van der Waals surface area contributed by atoms with Gasteiger partial charge in [-0.05, 0) is 32.4 Å². The number of aryl methyl sites for hydroxylation is 2. The van der Waals surface area contributed by atoms with Crippen LogP contribution in [0.25, 0.3) is 0 Å². The van der Waals surface area contributed by atoms with Crippen LogP contribution in [0.1, 0.15) is 42.7 Å². The number of para-hydroxylation sites is 2. The quantitative estimate of drug-likeness (QED) is 0.689. The number of nitrogens with zero attached hydrogens (tertiary/aromatic N) is 2. The van der Waals surface area contributed by atoms with Gasteiger partial charge in [-0.15, -0.1) is 0 Å². The fourth-order valence-corrected chi connectivity index (χ4v) is 2.83. The van der Waals surface area contributed by atoms with E-state index in [4.69, 9.17) is 21.1 Å². The molecule has 0 aliphatic rings. The Bertz CT molecular complexity index is 819. The number of unbranched alkanes of at least 4 members (excludes halogenated alkanes) is 1. The van der Waals surface area contributed by atoms with E-state index < -0.39 is 18.0 Å². The Kier molecular flexibility index (Phi) is 7.24. The van der Waals surface area contributed by atoms with Gasteiger partial charge in [0, 0.05) is 6.54 Å². The highest BCUT2D eigenvalue weighted by Gasteiger charge is 2.26. The Morgan fingerprint density at radius 1 is 1.33 bits per heavy atom. The molecule has 146 valence electrons. The number of ether oxygens (including phenoxy) is 2. The summed E-state index contributed by atoms with van der Waals surface area (Å²) in [5, 5.41) is 7.19. The van der Waals surface area contributed by atoms with Crippen LogP contribution in [0.4, 0.5) is 5.69 Å². The number of benzene rings is 1. The molecule has 7 nitrogen and oxygen atoms in total. The maximum Gasteiger partial charge on any atom is 0.343 e. The Balaban J connectivity index is 2.07. The van der Waals surface area contributed by atoms with Crippen LogP contribution in [0.5, 0.6) is 5.75 Å². The number of rotatable bonds is 8. The molecule has 1 aromatic carbocycles. The number of halogens is 1. The number of methoxy groups -OCH3 is 1. The lowest BCUT2D eigenvalue weighted by molar-refractivity contribution is -0.123. The number of amides is 1. The van der Waals surface area contributed by atoms with Crippen molar-refractivity contribution >= 4 is 29.2 Å². The van der Waals surface area contributed by atoms with Gasteiger partial charge < -0.3 is 14.8 Å². The van der Waals surface area contributed by atoms with E-state index in [2.05, 4.69) is 17.3 Å². The molecule has 0 aliphatic carbocycles. The van der Waals surface area contributed by atoms with E-state index >= 15 is 0 Å². The van der Waals surface area contributed by atoms with Crippen LogP contribution < -0.4 is 10.1 Å². The highest BCUT2D eigenvalue weighted by Crippen LogP contribution is 2.24. The average Bonchev–Trinajstić information content (AvgIpc) is 2.93. The first-order valence-electron chi connectivity index (χ1n) is 8.76. The third-order valence-electron chi connectivity index (χ3n) is 4.01. The molecule has 1 N–H and O–H groups in total. The van der Waals surface area contributed by atoms with Crippen molar-refractivity contribution in [2.24, 2.45) is 0 Å². The van der Waals surface area contributed by atoms with Gasteiger partial charge >= 0.3 is 5.97 Å². The molecule has 1 aromatic heterocycles. The van der Waals surface area contributed by atoms with E-state index in [0.717, 1.165) is 12.8 Å². The molecule has 0 saturated heterocycles. The topological polar surface area (TPSA) is 82.5 Å². The summed E-state index contributed by atoms with van der Waals surface area (Å²) in [7, 11) is 1.51. The number of carbonyl (C=O) groups is 2. The lowest BCUT2D eigenvalue weighted by Gasteiger charge is -2.15. The zero-order valence-electron chi connectivity index (χ0n) is 15.9. The smallest absolute Gasteiger partial charge is 0.343 e. The van der Waals surface area contributed by atoms with Crippen molar-refractivity contribution < 1.29 is 19.1 Å². The van der Waals surface area contributed by atoms with Crippen LogP contribution >= 0.6 is 11.6 Å². The SMILES string of the molecule is CCCCn1nc(C)c(C(=O)O[C@H](C)C(=O)Nc2ccccc2OC)c1Cl. The fraction of sp³-hybridized carbons (Fsp3) is 0.421. The van der Waals surface area contributed by atoms with E-state index in [1.54, 1.807) is 35.9 Å². The van der Waals surface area contributed by atoms with Gasteiger partial charge in [-0.2, -0.15) is 5.10 Å². The summed E-state index contributed by atoms with van der Waals surface area (Å²) in [6.07, 6.45) is 0.860. The number of hydrogen-bond acceptors (Lipinski definition) is 5. The van der Waals surface area contributed by atoms with Crippen LogP contribution in [0, 0.1) is 6.92 Å². The predicted molar refractivity (Wildman–Crippen MR) is 103 cm³/mol. The van der Waals surface area contributed by atoms with E-state index in [1.165, 1.54) is 14.0 Å². The first-order chi connectivity index (χ1) is 12.9. The van der Waals surface area contributed by atoms with Crippen molar-refractivity contribution in [2.75, 3.05) is 12.4 Å². The Labute approximate surface area is 163 Å². The summed E-state index contributed by atoms with van der Waals surface area (Å²) >= 11 is 6.28. The molecular weight excluding hydrogens is 370 g/mol. The van der Waals surface area contributed by atoms with Crippen molar-refractivity contribution in [2.45, 2.75) is 46.3 Å². The van der Waals surface area contributed by atoms with Crippen LogP contribution in [0.3, 0.4) is 0 Å². The summed E-state index contributed by atoms with van der Waals surface area (Å²) < 4.78 is 12.1. The van der Waals surface area contributed by atoms with Gasteiger partial charge in [0.25, 0.3) is 5.91 Å². The van der Waals surface area contributed by atoms with Gasteiger partial charge in [0.05, 0.1) is 18.5 Å². The Morgan fingerprint density at radius 2 is 2.04 bits per heavy atom. The molecule has 1 heterocycles. The third kappa shape index (κ3) is 5.01. The number of esters is 1. The van der Waals surface area contributed by atoms with E-state index in [9.17, 15) is 9.59 Å². The van der Waals surface area contributed by atoms with Gasteiger partial charge in [-0.1, -0.05) is 37.1 Å². The molecule has 1 amide bonds. The molecule has 0 unspecified atom stereocenters. The molecule has 0 radical (unpaired) electrons. The van der Waals surface area contributed by atoms with Gasteiger partial charge in [0.15, 0.2) is 6.10 Å². The highest BCUT2D eigenvalue weighted by atomic mass is 35.5. The summed E-state index contributed by atoms with van der Waals surface area (Å²) in [4.78, 5) is 24.9. The number of carbonyl (C=O) groups excluding carboxylic acids is 2. The summed E-state index contributed by atoms with van der Waals surface area (Å²) in [5.41, 5.74) is 1.15. The lowest BCUT2D eigenvalue weighted by Crippen LogP contribution is -2.30. The van der Waals surface area contributed by atoms with Crippen molar-refractivity contribution in [1.29, 1.82) is 0 Å². The zero-order chi connectivity index (χ0) is 20.0. The highest BCUT2D eigenvalue weighted by molar-refractivity contribution is 6.32. The second-order valence-corrected chi connectivity index (χ2v) is 6.42. The second kappa shape index (κ2) is 9.41. The minimum atomic E-state index is -1.02. The minimum absolute atomic E-state index is 0.185. The van der Waals surface area contributed by atoms with Crippen molar-refractivity contribution in [1.82, 2.24) is 9.78 Å². The van der Waals surface area contributed by atoms with Crippen LogP contribution in [-0.4, -0.2) is 34.9 Å². The van der Waals surface area contributed by atoms with Crippen molar-refractivity contribution in [3.63, 3.8) is 0 Å². The lowest BCUT2D eigenvalue weighted by atomic mass is 10.2. The average molecular weight is 394 g/mol. The van der Waals surface area contributed by atoms with Crippen LogP contribution in [0.15, 0.2) is 24.3 Å². The maximum absolute atomic E-state index is 12.5. The third-order valence-corrected chi connectivity index (χ3v) is 4.40. The normalized spacial score (nSPS) is 11.7. The number of aromatic nitrogens is 2. The zero-order valence-corrected chi connectivity index (χ0v) is 16.7. The second-order valence-electron chi connectivity index (χ2n) is 6.06. The summed E-state index contributed by atoms with van der Waals surface area (Å²) in [6, 6.07) is 6.98. The fourth-order valence-electron chi connectivity index (χ4n) is 2.50. The number of hydrogen-bond donors (Lipinski definition) is 1. The van der Waals surface area contributed by atoms with Gasteiger partial charge in [0.1, 0.15) is 16.5 Å². The van der Waals surface area contributed by atoms with Crippen LogP contribution in [-0.2, 0) is 16.1 Å². The molecule has 27 heavy (non-hydrogen) atoms. The summed E-state index contributed by atoms with van der Waals surface area (Å²) in [5.74, 6) is -0.636. The van der Waals surface area contributed by atoms with Crippen molar-refractivity contribution in [3.8, 4) is 5.75 Å². The maximum atomic E-state index is 12.5. The van der Waals surface area contributed by atoms with Crippen molar-refractivity contribution in [3.05, 3.63) is 40.7 Å². The molecule has 0 aliphatic heterocycles. The number of nitrogens with one attached hydrogen (secondary N) is 1. The molecule has 8 heteroatoms. The van der Waals surface area contributed by atoms with Gasteiger partial charge in [-0.3, -0.25) is 9.48 Å². The van der Waals surface area contributed by atoms with E-state index in [-0.39, 0.29) is 10.7 Å². The molecule has 1 atom stereocenters. The first-order valence-corrected chi connectivity index (χ1v) is 9.14. The molecule has 0 saturated carbocycles. The first kappa shape index (κ1) is 20.8.